The van der Waals surface area contributed by atoms with Crippen LogP contribution in [0.3, 0.4) is 0 Å². The topological polar surface area (TPSA) is 72.7 Å². The molecule has 1 amide bonds. The van der Waals surface area contributed by atoms with Crippen molar-refractivity contribution in [2.24, 2.45) is 7.05 Å². The van der Waals surface area contributed by atoms with Crippen LogP contribution < -0.4 is 5.32 Å². The van der Waals surface area contributed by atoms with E-state index in [0.717, 1.165) is 22.5 Å². The van der Waals surface area contributed by atoms with Gasteiger partial charge in [0.05, 0.1) is 11.4 Å². The van der Waals surface area contributed by atoms with Crippen LogP contribution >= 0.6 is 11.3 Å². The van der Waals surface area contributed by atoms with Crippen LogP contribution in [0.5, 0.6) is 0 Å². The summed E-state index contributed by atoms with van der Waals surface area (Å²) in [6.07, 6.45) is 3.46. The molecule has 128 valence electrons. The van der Waals surface area contributed by atoms with Crippen molar-refractivity contribution >= 4 is 22.4 Å². The first-order valence-electron chi connectivity index (χ1n) is 7.97. The van der Waals surface area contributed by atoms with E-state index in [0.29, 0.717) is 10.8 Å². The zero-order chi connectivity index (χ0) is 17.9. The van der Waals surface area contributed by atoms with E-state index < -0.39 is 0 Å². The van der Waals surface area contributed by atoms with E-state index in [4.69, 9.17) is 0 Å². The molecule has 6 nitrogen and oxygen atoms in total. The van der Waals surface area contributed by atoms with Crippen LogP contribution in [0.25, 0.3) is 22.5 Å². The summed E-state index contributed by atoms with van der Waals surface area (Å²) in [6, 6.07) is 15.3. The van der Waals surface area contributed by atoms with E-state index in [1.807, 2.05) is 47.8 Å². The molecule has 0 saturated heterocycles. The molecule has 0 aliphatic rings. The van der Waals surface area contributed by atoms with E-state index in [1.54, 1.807) is 30.2 Å². The number of hydrogen-bond acceptors (Lipinski definition) is 5. The van der Waals surface area contributed by atoms with E-state index in [-0.39, 0.29) is 5.91 Å². The number of nitrogens with one attached hydrogen (secondary N) is 1. The lowest BCUT2D eigenvalue weighted by atomic mass is 10.1. The zero-order valence-corrected chi connectivity index (χ0v) is 14.8. The van der Waals surface area contributed by atoms with Gasteiger partial charge in [-0.25, -0.2) is 4.98 Å². The third-order valence-electron chi connectivity index (χ3n) is 3.86. The summed E-state index contributed by atoms with van der Waals surface area (Å²) >= 11 is 1.38. The average molecular weight is 361 g/mol. The minimum absolute atomic E-state index is 0.241. The average Bonchev–Trinajstić information content (AvgIpc) is 3.30. The highest BCUT2D eigenvalue weighted by molar-refractivity contribution is 7.14. The molecule has 0 unspecified atom stereocenters. The van der Waals surface area contributed by atoms with E-state index >= 15 is 0 Å². The van der Waals surface area contributed by atoms with Gasteiger partial charge in [-0.05, 0) is 18.2 Å². The minimum atomic E-state index is -0.241. The summed E-state index contributed by atoms with van der Waals surface area (Å²) in [6.45, 7) is 0. The van der Waals surface area contributed by atoms with Gasteiger partial charge in [0.2, 0.25) is 0 Å². The third kappa shape index (κ3) is 3.25. The van der Waals surface area contributed by atoms with E-state index in [2.05, 4.69) is 20.4 Å². The summed E-state index contributed by atoms with van der Waals surface area (Å²) in [5.74, 6) is -0.241. The fourth-order valence-corrected chi connectivity index (χ4v) is 3.28. The SMILES string of the molecule is Cn1nc(-c2ccccc2)cc1C(=O)Nc1nc(-c2cccnc2)cs1. The number of aryl methyl sites for hydroxylation is 1. The Hall–Kier alpha value is -3.32. The number of amides is 1. The molecule has 0 atom stereocenters. The van der Waals surface area contributed by atoms with Gasteiger partial charge in [-0.1, -0.05) is 30.3 Å². The Balaban J connectivity index is 1.54. The molecule has 26 heavy (non-hydrogen) atoms. The number of pyridine rings is 1. The molecular formula is C19H15N5OS. The number of anilines is 1. The number of aromatic nitrogens is 4. The van der Waals surface area contributed by atoms with E-state index in [9.17, 15) is 4.79 Å². The predicted molar refractivity (Wildman–Crippen MR) is 102 cm³/mol. The third-order valence-corrected chi connectivity index (χ3v) is 4.62. The van der Waals surface area contributed by atoms with Crippen LogP contribution in [-0.4, -0.2) is 25.7 Å². The molecule has 1 N–H and O–H groups in total. The number of carbonyl (C=O) groups excluding carboxylic acids is 1. The molecule has 1 aromatic carbocycles. The van der Waals surface area contributed by atoms with Crippen molar-refractivity contribution in [2.45, 2.75) is 0 Å². The molecule has 4 aromatic rings. The summed E-state index contributed by atoms with van der Waals surface area (Å²) in [5.41, 5.74) is 3.90. The predicted octanol–water partition coefficient (Wildman–Crippen LogP) is 3.86. The molecule has 0 bridgehead atoms. The Morgan fingerprint density at radius 3 is 2.65 bits per heavy atom. The first-order chi connectivity index (χ1) is 12.7. The number of rotatable bonds is 4. The molecule has 3 aromatic heterocycles. The van der Waals surface area contributed by atoms with Gasteiger partial charge in [0.1, 0.15) is 5.69 Å². The number of benzene rings is 1. The first kappa shape index (κ1) is 16.2. The molecule has 0 radical (unpaired) electrons. The Kier molecular flexibility index (Phi) is 4.28. The molecule has 0 saturated carbocycles. The lowest BCUT2D eigenvalue weighted by Gasteiger charge is -2.01. The van der Waals surface area contributed by atoms with Crippen molar-refractivity contribution in [1.29, 1.82) is 0 Å². The largest absolute Gasteiger partial charge is 0.296 e. The van der Waals surface area contributed by atoms with Crippen LogP contribution in [0.1, 0.15) is 10.5 Å². The summed E-state index contributed by atoms with van der Waals surface area (Å²) in [7, 11) is 1.75. The van der Waals surface area contributed by atoms with Crippen LogP contribution in [-0.2, 0) is 7.05 Å². The second-order valence-electron chi connectivity index (χ2n) is 5.64. The number of thiazole rings is 1. The van der Waals surface area contributed by atoms with Crippen molar-refractivity contribution in [3.8, 4) is 22.5 Å². The van der Waals surface area contributed by atoms with Gasteiger partial charge in [0.15, 0.2) is 5.13 Å². The van der Waals surface area contributed by atoms with Crippen LogP contribution in [0, 0.1) is 0 Å². The standard InChI is InChI=1S/C19H15N5OS/c1-24-17(10-15(23-24)13-6-3-2-4-7-13)18(25)22-19-21-16(12-26-19)14-8-5-9-20-11-14/h2-12H,1H3,(H,21,22,25). The second-order valence-corrected chi connectivity index (χ2v) is 6.50. The summed E-state index contributed by atoms with van der Waals surface area (Å²) in [4.78, 5) is 21.2. The lowest BCUT2D eigenvalue weighted by molar-refractivity contribution is 0.101. The second kappa shape index (κ2) is 6.89. The normalized spacial score (nSPS) is 10.7. The molecular weight excluding hydrogens is 346 g/mol. The fraction of sp³-hybridized carbons (Fsp3) is 0.0526. The Morgan fingerprint density at radius 1 is 1.08 bits per heavy atom. The highest BCUT2D eigenvalue weighted by Gasteiger charge is 2.16. The van der Waals surface area contributed by atoms with Gasteiger partial charge >= 0.3 is 0 Å². The number of carbonyl (C=O) groups is 1. The quantitative estimate of drug-likeness (QED) is 0.599. The van der Waals surface area contributed by atoms with Crippen molar-refractivity contribution in [3.63, 3.8) is 0 Å². The maximum absolute atomic E-state index is 12.6. The van der Waals surface area contributed by atoms with Crippen LogP contribution in [0.4, 0.5) is 5.13 Å². The molecule has 0 aliphatic heterocycles. The molecule has 0 spiro atoms. The van der Waals surface area contributed by atoms with Gasteiger partial charge in [-0.3, -0.25) is 19.8 Å². The Morgan fingerprint density at radius 2 is 1.88 bits per heavy atom. The van der Waals surface area contributed by atoms with Crippen molar-refractivity contribution in [2.75, 3.05) is 5.32 Å². The van der Waals surface area contributed by atoms with Crippen molar-refractivity contribution < 1.29 is 4.79 Å². The Labute approximate surface area is 154 Å². The van der Waals surface area contributed by atoms with Gasteiger partial charge < -0.3 is 0 Å². The maximum atomic E-state index is 12.6. The fourth-order valence-electron chi connectivity index (χ4n) is 2.57. The molecule has 4 rings (SSSR count). The monoisotopic (exact) mass is 361 g/mol. The van der Waals surface area contributed by atoms with Gasteiger partial charge in [-0.2, -0.15) is 5.10 Å². The Bertz CT molecular complexity index is 1040. The molecule has 7 heteroatoms. The van der Waals surface area contributed by atoms with Crippen molar-refractivity contribution in [1.82, 2.24) is 19.7 Å². The smallest absolute Gasteiger partial charge is 0.275 e. The van der Waals surface area contributed by atoms with Gasteiger partial charge in [0, 0.05) is 35.9 Å². The minimum Gasteiger partial charge on any atom is -0.296 e. The van der Waals surface area contributed by atoms with Crippen molar-refractivity contribution in [3.05, 3.63) is 72.0 Å². The van der Waals surface area contributed by atoms with Gasteiger partial charge in [0.25, 0.3) is 5.91 Å². The molecule has 0 fully saturated rings. The lowest BCUT2D eigenvalue weighted by Crippen LogP contribution is -2.15. The van der Waals surface area contributed by atoms with Gasteiger partial charge in [-0.15, -0.1) is 11.3 Å². The first-order valence-corrected chi connectivity index (χ1v) is 8.85. The summed E-state index contributed by atoms with van der Waals surface area (Å²) in [5, 5.41) is 9.70. The molecule has 0 aliphatic carbocycles. The zero-order valence-electron chi connectivity index (χ0n) is 14.0. The van der Waals surface area contributed by atoms with Crippen LogP contribution in [0.2, 0.25) is 0 Å². The van der Waals surface area contributed by atoms with E-state index in [1.165, 1.54) is 11.3 Å². The maximum Gasteiger partial charge on any atom is 0.275 e. The number of hydrogen-bond donors (Lipinski definition) is 1. The highest BCUT2D eigenvalue weighted by Crippen LogP contribution is 2.25. The van der Waals surface area contributed by atoms with Crippen LogP contribution in [0.15, 0.2) is 66.3 Å². The number of nitrogens with zero attached hydrogens (tertiary/aromatic N) is 4. The molecule has 3 heterocycles. The highest BCUT2D eigenvalue weighted by atomic mass is 32.1. The summed E-state index contributed by atoms with van der Waals surface area (Å²) < 4.78 is 1.58.